The van der Waals surface area contributed by atoms with Crippen molar-refractivity contribution in [2.75, 3.05) is 5.32 Å². The lowest BCUT2D eigenvalue weighted by Gasteiger charge is -2.10. The molecule has 2 atom stereocenters. The molecular formula is C13H15NO3. The van der Waals surface area contributed by atoms with E-state index in [4.69, 9.17) is 5.11 Å². The summed E-state index contributed by atoms with van der Waals surface area (Å²) in [6, 6.07) is 4.90. The molecule has 0 spiro atoms. The van der Waals surface area contributed by atoms with Crippen molar-refractivity contribution < 1.29 is 14.7 Å². The van der Waals surface area contributed by atoms with Crippen molar-refractivity contribution in [2.45, 2.75) is 20.3 Å². The third-order valence-corrected chi connectivity index (χ3v) is 3.27. The molecule has 1 aromatic carbocycles. The summed E-state index contributed by atoms with van der Waals surface area (Å²) in [4.78, 5) is 22.7. The number of amides is 1. The Hall–Kier alpha value is -1.84. The first-order valence-corrected chi connectivity index (χ1v) is 5.64. The molecule has 0 aliphatic heterocycles. The molecule has 1 fully saturated rings. The van der Waals surface area contributed by atoms with E-state index in [1.807, 2.05) is 6.92 Å². The highest BCUT2D eigenvalue weighted by molar-refractivity contribution is 5.97. The third kappa shape index (κ3) is 2.30. The van der Waals surface area contributed by atoms with E-state index in [1.165, 1.54) is 6.07 Å². The molecular weight excluding hydrogens is 218 g/mol. The van der Waals surface area contributed by atoms with Crippen molar-refractivity contribution in [3.8, 4) is 0 Å². The average Bonchev–Trinajstić information content (AvgIpc) is 2.98. The van der Waals surface area contributed by atoms with Crippen LogP contribution in [0.25, 0.3) is 0 Å². The van der Waals surface area contributed by atoms with Gasteiger partial charge in [0.25, 0.3) is 0 Å². The third-order valence-electron chi connectivity index (χ3n) is 3.27. The number of carbonyl (C=O) groups is 2. The Morgan fingerprint density at radius 2 is 2.06 bits per heavy atom. The van der Waals surface area contributed by atoms with Gasteiger partial charge >= 0.3 is 5.97 Å². The van der Waals surface area contributed by atoms with Gasteiger partial charge in [0.05, 0.1) is 5.56 Å². The summed E-state index contributed by atoms with van der Waals surface area (Å²) in [5.41, 5.74) is 1.42. The minimum atomic E-state index is -0.974. The standard InChI is InChI=1S/C13H15NO3/c1-7-6-10(7)12(15)14-11-5-3-4-9(8(11)2)13(16)17/h3-5,7,10H,6H2,1-2H3,(H,14,15)(H,16,17)/t7-,10+/m1/s1. The average molecular weight is 233 g/mol. The number of rotatable bonds is 3. The number of carboxylic acids is 1. The molecule has 0 bridgehead atoms. The molecule has 1 amide bonds. The van der Waals surface area contributed by atoms with E-state index >= 15 is 0 Å². The molecule has 0 heterocycles. The predicted octanol–water partition coefficient (Wildman–Crippen LogP) is 2.29. The molecule has 0 saturated heterocycles. The summed E-state index contributed by atoms with van der Waals surface area (Å²) < 4.78 is 0. The van der Waals surface area contributed by atoms with Gasteiger partial charge in [-0.15, -0.1) is 0 Å². The second-order valence-corrected chi connectivity index (χ2v) is 4.59. The van der Waals surface area contributed by atoms with Crippen molar-refractivity contribution in [3.63, 3.8) is 0 Å². The summed E-state index contributed by atoms with van der Waals surface area (Å²) in [6.45, 7) is 3.74. The summed E-state index contributed by atoms with van der Waals surface area (Å²) in [5, 5.41) is 11.8. The first-order valence-electron chi connectivity index (χ1n) is 5.64. The van der Waals surface area contributed by atoms with Gasteiger partial charge in [0.2, 0.25) is 5.91 Å². The van der Waals surface area contributed by atoms with Gasteiger partial charge in [-0.05, 0) is 37.0 Å². The highest BCUT2D eigenvalue weighted by Gasteiger charge is 2.39. The normalized spacial score (nSPS) is 22.0. The molecule has 0 radical (unpaired) electrons. The first-order chi connectivity index (χ1) is 8.00. The van der Waals surface area contributed by atoms with E-state index in [9.17, 15) is 9.59 Å². The smallest absolute Gasteiger partial charge is 0.336 e. The predicted molar refractivity (Wildman–Crippen MR) is 64.0 cm³/mol. The van der Waals surface area contributed by atoms with Gasteiger partial charge in [0.1, 0.15) is 0 Å². The Balaban J connectivity index is 2.18. The fraction of sp³-hybridized carbons (Fsp3) is 0.385. The van der Waals surface area contributed by atoms with Crippen molar-refractivity contribution in [1.82, 2.24) is 0 Å². The van der Waals surface area contributed by atoms with Crippen molar-refractivity contribution >= 4 is 17.6 Å². The van der Waals surface area contributed by atoms with Crippen molar-refractivity contribution in [2.24, 2.45) is 11.8 Å². The molecule has 2 rings (SSSR count). The van der Waals surface area contributed by atoms with E-state index in [-0.39, 0.29) is 17.4 Å². The lowest BCUT2D eigenvalue weighted by molar-refractivity contribution is -0.117. The van der Waals surface area contributed by atoms with Crippen LogP contribution in [0.2, 0.25) is 0 Å². The zero-order valence-corrected chi connectivity index (χ0v) is 9.86. The second-order valence-electron chi connectivity index (χ2n) is 4.59. The van der Waals surface area contributed by atoms with Gasteiger partial charge in [-0.25, -0.2) is 4.79 Å². The van der Waals surface area contributed by atoms with Crippen LogP contribution in [0.3, 0.4) is 0 Å². The van der Waals surface area contributed by atoms with Crippen LogP contribution in [0.5, 0.6) is 0 Å². The van der Waals surface area contributed by atoms with E-state index in [1.54, 1.807) is 19.1 Å². The Morgan fingerprint density at radius 3 is 2.59 bits per heavy atom. The molecule has 4 heteroatoms. The monoisotopic (exact) mass is 233 g/mol. The SMILES string of the molecule is Cc1c(NC(=O)[C@H]2C[C@H]2C)cccc1C(=O)O. The van der Waals surface area contributed by atoms with Gasteiger partial charge in [0.15, 0.2) is 0 Å². The number of hydrogen-bond donors (Lipinski definition) is 2. The van der Waals surface area contributed by atoms with E-state index in [0.717, 1.165) is 6.42 Å². The first kappa shape index (κ1) is 11.6. The van der Waals surface area contributed by atoms with Crippen molar-refractivity contribution in [3.05, 3.63) is 29.3 Å². The Morgan fingerprint density at radius 1 is 1.41 bits per heavy atom. The fourth-order valence-electron chi connectivity index (χ4n) is 1.92. The summed E-state index contributed by atoms with van der Waals surface area (Å²) in [7, 11) is 0. The van der Waals surface area contributed by atoms with E-state index < -0.39 is 5.97 Å². The maximum Gasteiger partial charge on any atom is 0.336 e. The Labute approximate surface area is 99.6 Å². The number of carbonyl (C=O) groups excluding carboxylic acids is 1. The van der Waals surface area contributed by atoms with Gasteiger partial charge in [-0.1, -0.05) is 13.0 Å². The zero-order valence-electron chi connectivity index (χ0n) is 9.86. The summed E-state index contributed by atoms with van der Waals surface area (Å²) in [6.07, 6.45) is 0.920. The largest absolute Gasteiger partial charge is 0.478 e. The zero-order chi connectivity index (χ0) is 12.6. The molecule has 17 heavy (non-hydrogen) atoms. The molecule has 2 N–H and O–H groups in total. The van der Waals surface area contributed by atoms with Crippen LogP contribution in [-0.4, -0.2) is 17.0 Å². The van der Waals surface area contributed by atoms with Gasteiger partial charge in [0, 0.05) is 11.6 Å². The van der Waals surface area contributed by atoms with Crippen LogP contribution in [0.4, 0.5) is 5.69 Å². The topological polar surface area (TPSA) is 66.4 Å². The molecule has 0 unspecified atom stereocenters. The summed E-state index contributed by atoms with van der Waals surface area (Å²) >= 11 is 0. The maximum absolute atomic E-state index is 11.8. The molecule has 1 aliphatic rings. The number of aromatic carboxylic acids is 1. The van der Waals surface area contributed by atoms with Gasteiger partial charge < -0.3 is 10.4 Å². The molecule has 90 valence electrons. The Bertz CT molecular complexity index is 482. The van der Waals surface area contributed by atoms with E-state index in [0.29, 0.717) is 17.2 Å². The minimum Gasteiger partial charge on any atom is -0.478 e. The van der Waals surface area contributed by atoms with Gasteiger partial charge in [-0.3, -0.25) is 4.79 Å². The van der Waals surface area contributed by atoms with Crippen molar-refractivity contribution in [1.29, 1.82) is 0 Å². The highest BCUT2D eigenvalue weighted by atomic mass is 16.4. The Kier molecular flexibility index (Phi) is 2.88. The molecule has 4 nitrogen and oxygen atoms in total. The van der Waals surface area contributed by atoms with Crippen LogP contribution in [0.1, 0.15) is 29.3 Å². The number of hydrogen-bond acceptors (Lipinski definition) is 2. The molecule has 1 aliphatic carbocycles. The van der Waals surface area contributed by atoms with Crippen LogP contribution in [0, 0.1) is 18.8 Å². The second kappa shape index (κ2) is 4.20. The fourth-order valence-corrected chi connectivity index (χ4v) is 1.92. The number of nitrogens with one attached hydrogen (secondary N) is 1. The van der Waals surface area contributed by atoms with Crippen LogP contribution >= 0.6 is 0 Å². The molecule has 1 aromatic rings. The highest BCUT2D eigenvalue weighted by Crippen LogP contribution is 2.38. The van der Waals surface area contributed by atoms with E-state index in [2.05, 4.69) is 5.32 Å². The lowest BCUT2D eigenvalue weighted by atomic mass is 10.1. The molecule has 0 aromatic heterocycles. The quantitative estimate of drug-likeness (QED) is 0.841. The maximum atomic E-state index is 11.8. The number of carboxylic acid groups (broad SMARTS) is 1. The van der Waals surface area contributed by atoms with Crippen LogP contribution in [0.15, 0.2) is 18.2 Å². The lowest BCUT2D eigenvalue weighted by Crippen LogP contribution is -2.16. The number of benzene rings is 1. The van der Waals surface area contributed by atoms with Crippen LogP contribution < -0.4 is 5.32 Å². The summed E-state index contributed by atoms with van der Waals surface area (Å²) in [5.74, 6) is -0.456. The van der Waals surface area contributed by atoms with Gasteiger partial charge in [-0.2, -0.15) is 0 Å². The minimum absolute atomic E-state index is 0.0110. The van der Waals surface area contributed by atoms with Crippen LogP contribution in [-0.2, 0) is 4.79 Å². The molecule has 1 saturated carbocycles. The number of anilines is 1.